The van der Waals surface area contributed by atoms with Crippen LogP contribution in [0, 0.1) is 6.92 Å². The molecule has 1 aliphatic heterocycles. The number of nitrogens with zero attached hydrogens (tertiary/aromatic N) is 2. The monoisotopic (exact) mass is 350 g/mol. The maximum atomic E-state index is 12.7. The van der Waals surface area contributed by atoms with Crippen molar-refractivity contribution in [3.63, 3.8) is 0 Å². The summed E-state index contributed by atoms with van der Waals surface area (Å²) < 4.78 is 43.7. The van der Waals surface area contributed by atoms with Crippen LogP contribution in [0.2, 0.25) is 0 Å². The van der Waals surface area contributed by atoms with Gasteiger partial charge < -0.3 is 9.64 Å². The van der Waals surface area contributed by atoms with Gasteiger partial charge in [-0.25, -0.2) is 4.98 Å². The number of alkyl halides is 3. The molecule has 3 rings (SSSR count). The molecule has 2 heterocycles. The molecule has 2 aromatic rings. The highest BCUT2D eigenvalue weighted by atomic mass is 19.4. The first kappa shape index (κ1) is 17.3. The number of carbonyl (C=O) groups is 1. The van der Waals surface area contributed by atoms with Crippen molar-refractivity contribution in [2.45, 2.75) is 25.6 Å². The highest BCUT2D eigenvalue weighted by Gasteiger charge is 2.32. The van der Waals surface area contributed by atoms with Gasteiger partial charge in [-0.2, -0.15) is 13.2 Å². The first-order chi connectivity index (χ1) is 11.8. The molecular formula is C18H17F3N2O2. The highest BCUT2D eigenvalue weighted by molar-refractivity contribution is 5.94. The molecule has 7 heteroatoms. The zero-order chi connectivity index (χ0) is 18.0. The number of halogens is 3. The molecular weight excluding hydrogens is 333 g/mol. The number of pyridine rings is 1. The molecule has 1 amide bonds. The summed E-state index contributed by atoms with van der Waals surface area (Å²) in [6, 6.07) is 9.06. The second kappa shape index (κ2) is 6.74. The smallest absolute Gasteiger partial charge is 0.416 e. The van der Waals surface area contributed by atoms with Crippen LogP contribution in [0.1, 0.15) is 27.9 Å². The van der Waals surface area contributed by atoms with Gasteiger partial charge in [-0.05, 0) is 25.1 Å². The Morgan fingerprint density at radius 1 is 1.28 bits per heavy atom. The second-order valence-corrected chi connectivity index (χ2v) is 6.03. The Labute approximate surface area is 143 Å². The zero-order valence-electron chi connectivity index (χ0n) is 13.6. The summed E-state index contributed by atoms with van der Waals surface area (Å²) in [5, 5.41) is 0. The fourth-order valence-electron chi connectivity index (χ4n) is 2.79. The highest BCUT2D eigenvalue weighted by Crippen LogP contribution is 2.31. The van der Waals surface area contributed by atoms with Crippen molar-refractivity contribution in [2.75, 3.05) is 13.1 Å². The van der Waals surface area contributed by atoms with Crippen molar-refractivity contribution in [3.8, 4) is 5.88 Å². The van der Waals surface area contributed by atoms with Gasteiger partial charge in [-0.1, -0.05) is 17.7 Å². The Hall–Kier alpha value is -2.57. The van der Waals surface area contributed by atoms with E-state index in [0.29, 0.717) is 25.1 Å². The molecule has 4 nitrogen and oxygen atoms in total. The fraction of sp³-hybridized carbons (Fsp3) is 0.333. The van der Waals surface area contributed by atoms with Crippen molar-refractivity contribution in [2.24, 2.45) is 0 Å². The fourth-order valence-corrected chi connectivity index (χ4v) is 2.79. The Morgan fingerprint density at radius 3 is 2.80 bits per heavy atom. The van der Waals surface area contributed by atoms with Gasteiger partial charge in [0.15, 0.2) is 0 Å². The van der Waals surface area contributed by atoms with E-state index in [4.69, 9.17) is 4.74 Å². The molecule has 25 heavy (non-hydrogen) atoms. The van der Waals surface area contributed by atoms with Gasteiger partial charge in [0.05, 0.1) is 12.1 Å². The number of hydrogen-bond acceptors (Lipinski definition) is 3. The van der Waals surface area contributed by atoms with Gasteiger partial charge in [0, 0.05) is 30.8 Å². The van der Waals surface area contributed by atoms with E-state index in [1.54, 1.807) is 11.0 Å². The Morgan fingerprint density at radius 2 is 2.08 bits per heavy atom. The minimum absolute atomic E-state index is 0.0790. The van der Waals surface area contributed by atoms with Gasteiger partial charge in [0.25, 0.3) is 5.91 Å². The summed E-state index contributed by atoms with van der Waals surface area (Å²) in [6.45, 7) is 2.73. The van der Waals surface area contributed by atoms with Gasteiger partial charge in [-0.3, -0.25) is 4.79 Å². The van der Waals surface area contributed by atoms with Crippen molar-refractivity contribution >= 4 is 5.91 Å². The number of carbonyl (C=O) groups excluding carboxylic acids is 1. The molecule has 0 spiro atoms. The molecule has 1 aliphatic rings. The Bertz CT molecular complexity index is 777. The summed E-state index contributed by atoms with van der Waals surface area (Å²) in [5.74, 6) is -0.184. The SMILES string of the molecule is Cc1cccc(C(=O)N2CCC(Oc3cc(C(F)(F)F)ccn3)C2)c1. The van der Waals surface area contributed by atoms with E-state index in [9.17, 15) is 18.0 Å². The topological polar surface area (TPSA) is 42.4 Å². The third-order valence-electron chi connectivity index (χ3n) is 4.05. The lowest BCUT2D eigenvalue weighted by atomic mass is 10.1. The molecule has 1 fully saturated rings. The standard InChI is InChI=1S/C18H17F3N2O2/c1-12-3-2-4-13(9-12)17(24)23-8-6-15(11-23)25-16-10-14(5-7-22-16)18(19,20)21/h2-5,7,9-10,15H,6,8,11H2,1H3. The molecule has 0 bridgehead atoms. The van der Waals surface area contributed by atoms with Crippen LogP contribution in [0.15, 0.2) is 42.6 Å². The van der Waals surface area contributed by atoms with Crippen LogP contribution in [0.3, 0.4) is 0 Å². The van der Waals surface area contributed by atoms with Crippen LogP contribution in [0.4, 0.5) is 13.2 Å². The summed E-state index contributed by atoms with van der Waals surface area (Å²) >= 11 is 0. The van der Waals surface area contributed by atoms with Gasteiger partial charge in [0.2, 0.25) is 5.88 Å². The van der Waals surface area contributed by atoms with E-state index in [-0.39, 0.29) is 17.9 Å². The van der Waals surface area contributed by atoms with Crippen molar-refractivity contribution in [1.29, 1.82) is 0 Å². The first-order valence-electron chi connectivity index (χ1n) is 7.89. The lowest BCUT2D eigenvalue weighted by molar-refractivity contribution is -0.137. The lowest BCUT2D eigenvalue weighted by Crippen LogP contribution is -2.31. The molecule has 1 aromatic carbocycles. The number of likely N-dealkylation sites (tertiary alicyclic amines) is 1. The summed E-state index contributed by atoms with van der Waals surface area (Å²) in [7, 11) is 0. The maximum absolute atomic E-state index is 12.7. The minimum atomic E-state index is -4.44. The number of aryl methyl sites for hydroxylation is 1. The van der Waals surface area contributed by atoms with Gasteiger partial charge in [-0.15, -0.1) is 0 Å². The molecule has 0 aliphatic carbocycles. The van der Waals surface area contributed by atoms with Crippen molar-refractivity contribution < 1.29 is 22.7 Å². The molecule has 1 unspecified atom stereocenters. The third-order valence-corrected chi connectivity index (χ3v) is 4.05. The lowest BCUT2D eigenvalue weighted by Gasteiger charge is -2.17. The third kappa shape index (κ3) is 4.10. The number of rotatable bonds is 3. The van der Waals surface area contributed by atoms with E-state index >= 15 is 0 Å². The van der Waals surface area contributed by atoms with Crippen LogP contribution >= 0.6 is 0 Å². The molecule has 0 radical (unpaired) electrons. The predicted octanol–water partition coefficient (Wildman–Crippen LogP) is 3.70. The van der Waals surface area contributed by atoms with Gasteiger partial charge in [0.1, 0.15) is 6.10 Å². The van der Waals surface area contributed by atoms with Crippen molar-refractivity contribution in [3.05, 3.63) is 59.3 Å². The molecule has 0 saturated carbocycles. The second-order valence-electron chi connectivity index (χ2n) is 6.03. The molecule has 1 atom stereocenters. The summed E-state index contributed by atoms with van der Waals surface area (Å²) in [5.41, 5.74) is 0.784. The number of benzene rings is 1. The number of amides is 1. The molecule has 132 valence electrons. The summed E-state index contributed by atoms with van der Waals surface area (Å²) in [4.78, 5) is 18.0. The number of hydrogen-bond donors (Lipinski definition) is 0. The van der Waals surface area contributed by atoms with E-state index in [2.05, 4.69) is 4.98 Å². The van der Waals surface area contributed by atoms with Crippen LogP contribution in [0.5, 0.6) is 5.88 Å². The van der Waals surface area contributed by atoms with E-state index < -0.39 is 11.7 Å². The van der Waals surface area contributed by atoms with Crippen LogP contribution in [0.25, 0.3) is 0 Å². The minimum Gasteiger partial charge on any atom is -0.472 e. The number of ether oxygens (including phenoxy) is 1. The Kier molecular flexibility index (Phi) is 4.65. The van der Waals surface area contributed by atoms with E-state index in [0.717, 1.165) is 23.9 Å². The van der Waals surface area contributed by atoms with E-state index in [1.165, 1.54) is 0 Å². The summed E-state index contributed by atoms with van der Waals surface area (Å²) in [6.07, 6.45) is -3.19. The zero-order valence-corrected chi connectivity index (χ0v) is 13.6. The largest absolute Gasteiger partial charge is 0.472 e. The maximum Gasteiger partial charge on any atom is 0.416 e. The first-order valence-corrected chi connectivity index (χ1v) is 7.89. The quantitative estimate of drug-likeness (QED) is 0.848. The van der Waals surface area contributed by atoms with Crippen LogP contribution < -0.4 is 4.74 Å². The average Bonchev–Trinajstić information content (AvgIpc) is 3.02. The molecule has 1 saturated heterocycles. The van der Waals surface area contributed by atoms with Crippen LogP contribution in [-0.2, 0) is 6.18 Å². The van der Waals surface area contributed by atoms with Crippen LogP contribution in [-0.4, -0.2) is 35.0 Å². The van der Waals surface area contributed by atoms with Gasteiger partial charge >= 0.3 is 6.18 Å². The Balaban J connectivity index is 1.65. The molecule has 1 aromatic heterocycles. The average molecular weight is 350 g/mol. The van der Waals surface area contributed by atoms with Crippen molar-refractivity contribution in [1.82, 2.24) is 9.88 Å². The predicted molar refractivity (Wildman–Crippen MR) is 85.4 cm³/mol. The van der Waals surface area contributed by atoms with E-state index in [1.807, 2.05) is 25.1 Å². The molecule has 0 N–H and O–H groups in total. The number of aromatic nitrogens is 1. The normalized spacial score (nSPS) is 17.6.